The second-order valence-corrected chi connectivity index (χ2v) is 5.45. The smallest absolute Gasteiger partial charge is 0.0940 e. The molecule has 1 saturated carbocycles. The van der Waals surface area contributed by atoms with E-state index in [1.807, 2.05) is 24.7 Å². The number of methoxy groups -OCH3 is 1. The minimum absolute atomic E-state index is 0.351. The van der Waals surface area contributed by atoms with E-state index in [1.165, 1.54) is 6.42 Å². The molecule has 1 unspecified atom stereocenters. The molecule has 18 heavy (non-hydrogen) atoms. The van der Waals surface area contributed by atoms with Gasteiger partial charge in [-0.3, -0.25) is 4.68 Å². The van der Waals surface area contributed by atoms with Crippen LogP contribution in [-0.2, 0) is 18.2 Å². The average molecular weight is 252 g/mol. The molecule has 0 radical (unpaired) electrons. The van der Waals surface area contributed by atoms with Crippen LogP contribution >= 0.6 is 0 Å². The van der Waals surface area contributed by atoms with E-state index in [9.17, 15) is 5.11 Å². The van der Waals surface area contributed by atoms with Gasteiger partial charge in [-0.1, -0.05) is 19.3 Å². The van der Waals surface area contributed by atoms with Crippen molar-refractivity contribution in [1.82, 2.24) is 9.78 Å². The molecule has 2 rings (SSSR count). The topological polar surface area (TPSA) is 47.3 Å². The summed E-state index contributed by atoms with van der Waals surface area (Å²) in [5.41, 5.74) is 1.72. The summed E-state index contributed by atoms with van der Waals surface area (Å²) >= 11 is 0. The van der Waals surface area contributed by atoms with Gasteiger partial charge in [0.1, 0.15) is 0 Å². The Balaban J connectivity index is 2.10. The molecule has 1 fully saturated rings. The minimum atomic E-state index is -0.447. The number of hydrogen-bond acceptors (Lipinski definition) is 3. The van der Waals surface area contributed by atoms with Crippen molar-refractivity contribution in [2.24, 2.45) is 7.05 Å². The van der Waals surface area contributed by atoms with Gasteiger partial charge in [0, 0.05) is 26.3 Å². The number of nitrogens with zero attached hydrogens (tertiary/aromatic N) is 2. The van der Waals surface area contributed by atoms with Crippen LogP contribution in [-0.4, -0.2) is 33.7 Å². The summed E-state index contributed by atoms with van der Waals surface area (Å²) in [5.74, 6) is 0. The summed E-state index contributed by atoms with van der Waals surface area (Å²) in [6.45, 7) is 1.97. The Morgan fingerprint density at radius 3 is 2.61 bits per heavy atom. The fourth-order valence-corrected chi connectivity index (χ4v) is 3.06. The molecule has 0 bridgehead atoms. The van der Waals surface area contributed by atoms with Gasteiger partial charge in [-0.25, -0.2) is 0 Å². The van der Waals surface area contributed by atoms with Crippen LogP contribution in [0.3, 0.4) is 0 Å². The first-order chi connectivity index (χ1) is 8.57. The maximum absolute atomic E-state index is 10.5. The summed E-state index contributed by atoms with van der Waals surface area (Å²) in [6, 6.07) is 2.04. The van der Waals surface area contributed by atoms with Gasteiger partial charge in [0.25, 0.3) is 0 Å². The van der Waals surface area contributed by atoms with Crippen molar-refractivity contribution >= 4 is 0 Å². The Morgan fingerprint density at radius 1 is 1.44 bits per heavy atom. The number of aliphatic hydroxyl groups is 1. The van der Waals surface area contributed by atoms with Crippen LogP contribution in [0, 0.1) is 6.92 Å². The van der Waals surface area contributed by atoms with Crippen molar-refractivity contribution in [2.75, 3.05) is 7.11 Å². The molecule has 4 heteroatoms. The molecule has 1 aromatic rings. The summed E-state index contributed by atoms with van der Waals surface area (Å²) in [4.78, 5) is 0. The molecule has 1 N–H and O–H groups in total. The highest BCUT2D eigenvalue weighted by molar-refractivity contribution is 5.11. The van der Waals surface area contributed by atoms with Crippen molar-refractivity contribution in [3.63, 3.8) is 0 Å². The van der Waals surface area contributed by atoms with Gasteiger partial charge in [0.2, 0.25) is 0 Å². The Labute approximate surface area is 109 Å². The highest BCUT2D eigenvalue weighted by Crippen LogP contribution is 2.35. The lowest BCUT2D eigenvalue weighted by Gasteiger charge is -2.39. The van der Waals surface area contributed by atoms with Crippen LogP contribution in [0.15, 0.2) is 6.07 Å². The molecule has 0 aromatic carbocycles. The molecule has 1 atom stereocenters. The van der Waals surface area contributed by atoms with Crippen LogP contribution in [0.4, 0.5) is 0 Å². The van der Waals surface area contributed by atoms with Crippen LogP contribution < -0.4 is 0 Å². The SMILES string of the molecule is COC1(C(O)Cc2cc(C)nn2C)CCCCC1. The van der Waals surface area contributed by atoms with Crippen LogP contribution in [0.25, 0.3) is 0 Å². The molecular weight excluding hydrogens is 228 g/mol. The number of hydrogen-bond donors (Lipinski definition) is 1. The van der Waals surface area contributed by atoms with Crippen molar-refractivity contribution in [3.05, 3.63) is 17.5 Å². The molecular formula is C14H24N2O2. The maximum Gasteiger partial charge on any atom is 0.0940 e. The van der Waals surface area contributed by atoms with E-state index in [4.69, 9.17) is 4.74 Å². The lowest BCUT2D eigenvalue weighted by molar-refractivity contribution is -0.122. The predicted octanol–water partition coefficient (Wildman–Crippen LogP) is 1.98. The van der Waals surface area contributed by atoms with E-state index in [1.54, 1.807) is 7.11 Å². The second-order valence-electron chi connectivity index (χ2n) is 5.45. The third-order valence-electron chi connectivity index (χ3n) is 4.22. The third kappa shape index (κ3) is 2.59. The average Bonchev–Trinajstić information content (AvgIpc) is 2.68. The van der Waals surface area contributed by atoms with Crippen LogP contribution in [0.5, 0.6) is 0 Å². The van der Waals surface area contributed by atoms with Crippen molar-refractivity contribution in [2.45, 2.75) is 57.2 Å². The van der Waals surface area contributed by atoms with E-state index in [0.29, 0.717) is 6.42 Å². The van der Waals surface area contributed by atoms with Crippen molar-refractivity contribution < 1.29 is 9.84 Å². The lowest BCUT2D eigenvalue weighted by atomic mass is 9.79. The Hall–Kier alpha value is -0.870. The van der Waals surface area contributed by atoms with Crippen molar-refractivity contribution in [1.29, 1.82) is 0 Å². The first kappa shape index (κ1) is 13.6. The molecule has 0 saturated heterocycles. The molecule has 0 spiro atoms. The van der Waals surface area contributed by atoms with Gasteiger partial charge in [-0.2, -0.15) is 5.10 Å². The molecule has 102 valence electrons. The largest absolute Gasteiger partial charge is 0.390 e. The summed E-state index contributed by atoms with van der Waals surface area (Å²) in [6.07, 6.45) is 5.64. The Bertz CT molecular complexity index is 394. The molecule has 4 nitrogen and oxygen atoms in total. The number of aryl methyl sites for hydroxylation is 2. The van der Waals surface area contributed by atoms with Gasteiger partial charge < -0.3 is 9.84 Å². The quantitative estimate of drug-likeness (QED) is 0.891. The van der Waals surface area contributed by atoms with Crippen LogP contribution in [0.1, 0.15) is 43.5 Å². The monoisotopic (exact) mass is 252 g/mol. The molecule has 1 aliphatic carbocycles. The zero-order valence-electron chi connectivity index (χ0n) is 11.6. The summed E-state index contributed by atoms with van der Waals surface area (Å²) in [5, 5.41) is 14.9. The van der Waals surface area contributed by atoms with Gasteiger partial charge in [-0.05, 0) is 25.8 Å². The minimum Gasteiger partial charge on any atom is -0.390 e. The molecule has 1 aromatic heterocycles. The van der Waals surface area contributed by atoms with Gasteiger partial charge in [0.05, 0.1) is 17.4 Å². The van der Waals surface area contributed by atoms with E-state index in [2.05, 4.69) is 5.10 Å². The predicted molar refractivity (Wildman–Crippen MR) is 70.5 cm³/mol. The Kier molecular flexibility index (Phi) is 4.07. The Morgan fingerprint density at radius 2 is 2.11 bits per heavy atom. The number of rotatable bonds is 4. The highest BCUT2D eigenvalue weighted by atomic mass is 16.5. The zero-order chi connectivity index (χ0) is 13.2. The number of aromatic nitrogens is 2. The standard InChI is InChI=1S/C14H24N2O2/c1-11-9-12(16(2)15-11)10-13(17)14(18-3)7-5-4-6-8-14/h9,13,17H,4-8,10H2,1-3H3. The second kappa shape index (κ2) is 5.41. The van der Waals surface area contributed by atoms with E-state index < -0.39 is 6.10 Å². The number of ether oxygens (including phenoxy) is 1. The van der Waals surface area contributed by atoms with E-state index >= 15 is 0 Å². The third-order valence-corrected chi connectivity index (χ3v) is 4.22. The van der Waals surface area contributed by atoms with Crippen molar-refractivity contribution in [3.8, 4) is 0 Å². The molecule has 1 aliphatic rings. The number of aliphatic hydroxyl groups excluding tert-OH is 1. The summed E-state index contributed by atoms with van der Waals surface area (Å²) in [7, 11) is 3.65. The summed E-state index contributed by atoms with van der Waals surface area (Å²) < 4.78 is 7.53. The van der Waals surface area contributed by atoms with Gasteiger partial charge in [0.15, 0.2) is 0 Å². The van der Waals surface area contributed by atoms with Crippen LogP contribution in [0.2, 0.25) is 0 Å². The molecule has 0 amide bonds. The fourth-order valence-electron chi connectivity index (χ4n) is 3.06. The highest BCUT2D eigenvalue weighted by Gasteiger charge is 2.39. The zero-order valence-corrected chi connectivity index (χ0v) is 11.6. The molecule has 0 aliphatic heterocycles. The first-order valence-corrected chi connectivity index (χ1v) is 6.80. The first-order valence-electron chi connectivity index (χ1n) is 6.80. The normalized spacial score (nSPS) is 20.9. The van der Waals surface area contributed by atoms with Gasteiger partial charge >= 0.3 is 0 Å². The fraction of sp³-hybridized carbons (Fsp3) is 0.786. The van der Waals surface area contributed by atoms with E-state index in [0.717, 1.165) is 37.1 Å². The lowest BCUT2D eigenvalue weighted by Crippen LogP contribution is -2.47. The van der Waals surface area contributed by atoms with E-state index in [-0.39, 0.29) is 5.60 Å². The molecule has 1 heterocycles. The van der Waals surface area contributed by atoms with Gasteiger partial charge in [-0.15, -0.1) is 0 Å². The maximum atomic E-state index is 10.5.